The highest BCUT2D eigenvalue weighted by molar-refractivity contribution is 4.94. The SMILES string of the molecule is CO[C@H]1[C@@H](O)[C@@H](CO)O[C@@H](O[C@H]2[C@H](O)[C@@H](OC)[C@H](O)O[C@@H]2CO)[C@@H]1O. The topological polar surface area (TPSA) is 168 Å². The van der Waals surface area contributed by atoms with Gasteiger partial charge in [0.2, 0.25) is 0 Å². The fourth-order valence-electron chi connectivity index (χ4n) is 3.08. The van der Waals surface area contributed by atoms with Gasteiger partial charge in [0.1, 0.15) is 48.8 Å². The minimum absolute atomic E-state index is 0.555. The Bertz CT molecular complexity index is 410. The standard InChI is InChI=1S/C14H26O11/c1-21-11-7(17)5(3-15)24-14(9(11)19)25-10-6(4-16)23-13(20)12(22-2)8(10)18/h5-20H,3-4H2,1-2H3/t5-,6-,7+,8+,9-,10-,11+,12-,13-,14+/m1/s1. The Balaban J connectivity index is 2.16. The second-order valence-electron chi connectivity index (χ2n) is 5.95. The molecular weight excluding hydrogens is 344 g/mol. The molecule has 10 atom stereocenters. The first kappa shape index (κ1) is 20.9. The lowest BCUT2D eigenvalue weighted by molar-refractivity contribution is -0.358. The molecule has 11 nitrogen and oxygen atoms in total. The molecule has 0 amide bonds. The molecule has 0 aromatic rings. The summed E-state index contributed by atoms with van der Waals surface area (Å²) in [4.78, 5) is 0. The van der Waals surface area contributed by atoms with Crippen LogP contribution in [0, 0.1) is 0 Å². The van der Waals surface area contributed by atoms with Gasteiger partial charge in [-0.25, -0.2) is 0 Å². The van der Waals surface area contributed by atoms with E-state index in [0.29, 0.717) is 0 Å². The Kier molecular flexibility index (Phi) is 7.49. The molecule has 2 heterocycles. The summed E-state index contributed by atoms with van der Waals surface area (Å²) in [6.45, 7) is -1.14. The highest BCUT2D eigenvalue weighted by atomic mass is 16.7. The summed E-state index contributed by atoms with van der Waals surface area (Å²) in [5.41, 5.74) is 0. The van der Waals surface area contributed by atoms with E-state index in [1.54, 1.807) is 0 Å². The molecule has 0 aromatic carbocycles. The molecule has 11 heteroatoms. The van der Waals surface area contributed by atoms with Gasteiger partial charge in [-0.3, -0.25) is 0 Å². The van der Waals surface area contributed by atoms with E-state index in [-0.39, 0.29) is 0 Å². The molecule has 0 unspecified atom stereocenters. The van der Waals surface area contributed by atoms with E-state index in [1.165, 1.54) is 14.2 Å². The van der Waals surface area contributed by atoms with E-state index < -0.39 is 74.6 Å². The molecule has 2 rings (SSSR count). The van der Waals surface area contributed by atoms with Gasteiger partial charge in [-0.1, -0.05) is 0 Å². The zero-order valence-electron chi connectivity index (χ0n) is 13.9. The van der Waals surface area contributed by atoms with Crippen molar-refractivity contribution in [1.82, 2.24) is 0 Å². The van der Waals surface area contributed by atoms with Gasteiger partial charge in [-0.2, -0.15) is 0 Å². The Morgan fingerprint density at radius 2 is 1.32 bits per heavy atom. The van der Waals surface area contributed by atoms with Crippen LogP contribution in [-0.2, 0) is 23.7 Å². The fraction of sp³-hybridized carbons (Fsp3) is 1.00. The van der Waals surface area contributed by atoms with Crippen LogP contribution < -0.4 is 0 Å². The third kappa shape index (κ3) is 4.12. The number of hydrogen-bond donors (Lipinski definition) is 6. The number of methoxy groups -OCH3 is 2. The predicted octanol–water partition coefficient (Wildman–Crippen LogP) is -4.09. The van der Waals surface area contributed by atoms with Gasteiger partial charge in [0.05, 0.1) is 13.2 Å². The zero-order valence-corrected chi connectivity index (χ0v) is 13.9. The maximum Gasteiger partial charge on any atom is 0.187 e. The van der Waals surface area contributed by atoms with Crippen molar-refractivity contribution in [3.05, 3.63) is 0 Å². The average Bonchev–Trinajstić information content (AvgIpc) is 2.59. The normalized spacial score (nSPS) is 48.5. The summed E-state index contributed by atoms with van der Waals surface area (Å²) >= 11 is 0. The van der Waals surface area contributed by atoms with Crippen molar-refractivity contribution in [2.24, 2.45) is 0 Å². The smallest absolute Gasteiger partial charge is 0.187 e. The third-order valence-corrected chi connectivity index (χ3v) is 4.47. The number of aliphatic hydroxyl groups is 6. The lowest BCUT2D eigenvalue weighted by Gasteiger charge is -2.46. The van der Waals surface area contributed by atoms with Gasteiger partial charge in [-0.15, -0.1) is 0 Å². The van der Waals surface area contributed by atoms with Gasteiger partial charge in [0.25, 0.3) is 0 Å². The summed E-state index contributed by atoms with van der Waals surface area (Å²) in [5, 5.41) is 59.1. The molecule has 2 aliphatic heterocycles. The highest BCUT2D eigenvalue weighted by Crippen LogP contribution is 2.30. The van der Waals surface area contributed by atoms with E-state index >= 15 is 0 Å². The van der Waals surface area contributed by atoms with Crippen LogP contribution in [0.4, 0.5) is 0 Å². The van der Waals surface area contributed by atoms with Gasteiger partial charge >= 0.3 is 0 Å². The third-order valence-electron chi connectivity index (χ3n) is 4.47. The number of aliphatic hydroxyl groups excluding tert-OH is 6. The Hall–Kier alpha value is -0.440. The number of ether oxygens (including phenoxy) is 5. The average molecular weight is 370 g/mol. The minimum atomic E-state index is -1.48. The lowest BCUT2D eigenvalue weighted by atomic mass is 9.97. The van der Waals surface area contributed by atoms with Gasteiger partial charge in [0.15, 0.2) is 12.6 Å². The Morgan fingerprint density at radius 1 is 0.720 bits per heavy atom. The van der Waals surface area contributed by atoms with Crippen molar-refractivity contribution < 1.29 is 54.3 Å². The first-order valence-electron chi connectivity index (χ1n) is 7.85. The Labute approximate surface area is 144 Å². The fourth-order valence-corrected chi connectivity index (χ4v) is 3.08. The largest absolute Gasteiger partial charge is 0.394 e. The molecule has 0 saturated carbocycles. The van der Waals surface area contributed by atoms with Crippen molar-refractivity contribution in [1.29, 1.82) is 0 Å². The first-order chi connectivity index (χ1) is 11.9. The molecule has 2 saturated heterocycles. The summed E-state index contributed by atoms with van der Waals surface area (Å²) in [6.07, 6.45) is -12.7. The van der Waals surface area contributed by atoms with Crippen LogP contribution in [0.3, 0.4) is 0 Å². The summed E-state index contributed by atoms with van der Waals surface area (Å²) in [6, 6.07) is 0. The molecule has 6 N–H and O–H groups in total. The van der Waals surface area contributed by atoms with Crippen LogP contribution in [0.1, 0.15) is 0 Å². The zero-order chi connectivity index (χ0) is 18.7. The number of rotatable bonds is 6. The molecule has 0 radical (unpaired) electrons. The molecule has 0 bridgehead atoms. The molecular formula is C14H26O11. The van der Waals surface area contributed by atoms with E-state index in [4.69, 9.17) is 23.7 Å². The lowest BCUT2D eigenvalue weighted by Crippen LogP contribution is -2.65. The maximum absolute atomic E-state index is 10.3. The second kappa shape index (κ2) is 8.97. The van der Waals surface area contributed by atoms with Crippen LogP contribution in [0.25, 0.3) is 0 Å². The van der Waals surface area contributed by atoms with Gasteiger partial charge < -0.3 is 54.3 Å². The van der Waals surface area contributed by atoms with Crippen molar-refractivity contribution in [2.45, 2.75) is 61.4 Å². The highest BCUT2D eigenvalue weighted by Gasteiger charge is 2.51. The van der Waals surface area contributed by atoms with Crippen LogP contribution in [0.15, 0.2) is 0 Å². The van der Waals surface area contributed by atoms with Crippen molar-refractivity contribution >= 4 is 0 Å². The van der Waals surface area contributed by atoms with Gasteiger partial charge in [-0.05, 0) is 0 Å². The van der Waals surface area contributed by atoms with Crippen LogP contribution in [0.5, 0.6) is 0 Å². The molecule has 148 valence electrons. The number of hydrogen-bond acceptors (Lipinski definition) is 11. The predicted molar refractivity (Wildman–Crippen MR) is 78.2 cm³/mol. The molecule has 0 aromatic heterocycles. The monoisotopic (exact) mass is 370 g/mol. The minimum Gasteiger partial charge on any atom is -0.394 e. The van der Waals surface area contributed by atoms with Crippen LogP contribution in [-0.4, -0.2) is 119 Å². The molecule has 0 aliphatic carbocycles. The van der Waals surface area contributed by atoms with E-state index in [2.05, 4.69) is 0 Å². The molecule has 2 aliphatic rings. The quantitative estimate of drug-likeness (QED) is 0.269. The summed E-state index contributed by atoms with van der Waals surface area (Å²) < 4.78 is 26.0. The Morgan fingerprint density at radius 3 is 1.84 bits per heavy atom. The van der Waals surface area contributed by atoms with E-state index in [0.717, 1.165) is 0 Å². The summed E-state index contributed by atoms with van der Waals surface area (Å²) in [7, 11) is 2.52. The van der Waals surface area contributed by atoms with E-state index in [1.807, 2.05) is 0 Å². The maximum atomic E-state index is 10.3. The molecule has 25 heavy (non-hydrogen) atoms. The molecule has 2 fully saturated rings. The second-order valence-corrected chi connectivity index (χ2v) is 5.95. The summed E-state index contributed by atoms with van der Waals surface area (Å²) in [5.74, 6) is 0. The first-order valence-corrected chi connectivity index (χ1v) is 7.85. The van der Waals surface area contributed by atoms with Crippen molar-refractivity contribution in [3.63, 3.8) is 0 Å². The van der Waals surface area contributed by atoms with Crippen molar-refractivity contribution in [2.75, 3.05) is 27.4 Å². The van der Waals surface area contributed by atoms with Crippen LogP contribution in [0.2, 0.25) is 0 Å². The van der Waals surface area contributed by atoms with Crippen LogP contribution >= 0.6 is 0 Å². The van der Waals surface area contributed by atoms with E-state index in [9.17, 15) is 30.6 Å². The van der Waals surface area contributed by atoms with Crippen molar-refractivity contribution in [3.8, 4) is 0 Å². The molecule has 0 spiro atoms. The van der Waals surface area contributed by atoms with Gasteiger partial charge in [0, 0.05) is 14.2 Å².